The second-order valence-electron chi connectivity index (χ2n) is 5.13. The van der Waals surface area contributed by atoms with Gasteiger partial charge in [0.1, 0.15) is 0 Å². The highest BCUT2D eigenvalue weighted by Gasteiger charge is 2.60. The van der Waals surface area contributed by atoms with Crippen LogP contribution in [0.15, 0.2) is 18.5 Å². The first-order valence-electron chi connectivity index (χ1n) is 5.89. The molecule has 2 fully saturated rings. The van der Waals surface area contributed by atoms with Crippen molar-refractivity contribution in [2.45, 2.75) is 24.3 Å². The molecule has 1 aromatic heterocycles. The van der Waals surface area contributed by atoms with Gasteiger partial charge >= 0.3 is 0 Å². The number of halogens is 1. The van der Waals surface area contributed by atoms with Crippen LogP contribution < -0.4 is 0 Å². The molecule has 88 valence electrons. The number of nitrogens with zero attached hydrogens (tertiary/aromatic N) is 3. The highest BCUT2D eigenvalue weighted by Crippen LogP contribution is 2.56. The van der Waals surface area contributed by atoms with Crippen LogP contribution in [0.5, 0.6) is 0 Å². The summed E-state index contributed by atoms with van der Waals surface area (Å²) in [7, 11) is 2.12. The van der Waals surface area contributed by atoms with Crippen molar-refractivity contribution < 1.29 is 0 Å². The monoisotopic (exact) mass is 247 g/mol. The lowest BCUT2D eigenvalue weighted by Gasteiger charge is -2.20. The zero-order chi connectivity index (χ0) is 12.0. The molecule has 1 saturated heterocycles. The molecule has 1 saturated carbocycles. The van der Waals surface area contributed by atoms with Gasteiger partial charge in [0.05, 0.1) is 17.0 Å². The quantitative estimate of drug-likeness (QED) is 0.765. The molecule has 17 heavy (non-hydrogen) atoms. The zero-order valence-corrected chi connectivity index (χ0v) is 10.5. The Bertz CT molecular complexity index is 490. The van der Waals surface area contributed by atoms with Crippen molar-refractivity contribution in [1.29, 1.82) is 5.26 Å². The summed E-state index contributed by atoms with van der Waals surface area (Å²) >= 11 is 5.98. The number of hydrogen-bond donors (Lipinski definition) is 0. The van der Waals surface area contributed by atoms with Gasteiger partial charge in [-0.25, -0.2) is 0 Å². The molecule has 1 unspecified atom stereocenters. The Balaban J connectivity index is 1.97. The van der Waals surface area contributed by atoms with E-state index in [-0.39, 0.29) is 17.4 Å². The average molecular weight is 248 g/mol. The fourth-order valence-corrected chi connectivity index (χ4v) is 3.34. The molecular weight excluding hydrogens is 234 g/mol. The van der Waals surface area contributed by atoms with E-state index in [0.29, 0.717) is 5.02 Å². The van der Waals surface area contributed by atoms with Crippen LogP contribution in [0.3, 0.4) is 0 Å². The number of nitriles is 1. The summed E-state index contributed by atoms with van der Waals surface area (Å²) in [5, 5.41) is 10.1. The Morgan fingerprint density at radius 2 is 2.29 bits per heavy atom. The molecule has 0 aromatic carbocycles. The molecule has 4 heteroatoms. The molecule has 0 N–H and O–H groups in total. The minimum Gasteiger partial charge on any atom is -0.299 e. The highest BCUT2D eigenvalue weighted by atomic mass is 35.5. The minimum absolute atomic E-state index is 0.0766. The van der Waals surface area contributed by atoms with Gasteiger partial charge in [-0.1, -0.05) is 11.6 Å². The van der Waals surface area contributed by atoms with E-state index in [2.05, 4.69) is 23.0 Å². The molecule has 3 nitrogen and oxygen atoms in total. The van der Waals surface area contributed by atoms with Gasteiger partial charge in [0, 0.05) is 30.4 Å². The van der Waals surface area contributed by atoms with Gasteiger partial charge in [0.25, 0.3) is 0 Å². The molecule has 0 radical (unpaired) electrons. The van der Waals surface area contributed by atoms with Gasteiger partial charge in [-0.3, -0.25) is 9.88 Å². The summed E-state index contributed by atoms with van der Waals surface area (Å²) < 4.78 is 0. The van der Waals surface area contributed by atoms with Crippen molar-refractivity contribution in [1.82, 2.24) is 9.88 Å². The van der Waals surface area contributed by atoms with Gasteiger partial charge in [0.15, 0.2) is 0 Å². The third kappa shape index (κ3) is 1.55. The first kappa shape index (κ1) is 11.0. The van der Waals surface area contributed by atoms with E-state index in [9.17, 15) is 5.26 Å². The molecule has 2 atom stereocenters. The van der Waals surface area contributed by atoms with Crippen molar-refractivity contribution in [3.63, 3.8) is 0 Å². The molecule has 1 spiro atoms. The van der Waals surface area contributed by atoms with E-state index in [1.54, 1.807) is 6.20 Å². The third-order valence-corrected chi connectivity index (χ3v) is 4.47. The number of likely N-dealkylation sites (N-methyl/N-ethyl adjacent to an activating group) is 1. The molecule has 0 bridgehead atoms. The molecule has 3 rings (SSSR count). The molecule has 2 heterocycles. The van der Waals surface area contributed by atoms with E-state index < -0.39 is 0 Å². The van der Waals surface area contributed by atoms with Crippen molar-refractivity contribution in [2.24, 2.45) is 5.92 Å². The van der Waals surface area contributed by atoms with Crippen LogP contribution in [0.25, 0.3) is 0 Å². The molecular formula is C13H14ClN3. The lowest BCUT2D eigenvalue weighted by molar-refractivity contribution is 0.270. The van der Waals surface area contributed by atoms with Crippen LogP contribution in [0.2, 0.25) is 5.02 Å². The van der Waals surface area contributed by atoms with Crippen LogP contribution in [0, 0.1) is 17.2 Å². The molecule has 2 aliphatic rings. The first-order valence-corrected chi connectivity index (χ1v) is 6.26. The highest BCUT2D eigenvalue weighted by molar-refractivity contribution is 6.30. The Morgan fingerprint density at radius 3 is 2.88 bits per heavy atom. The van der Waals surface area contributed by atoms with Gasteiger partial charge < -0.3 is 0 Å². The van der Waals surface area contributed by atoms with Crippen LogP contribution in [0.1, 0.15) is 24.3 Å². The summed E-state index contributed by atoms with van der Waals surface area (Å²) in [6.45, 7) is 0.931. The average Bonchev–Trinajstić information content (AvgIpc) is 3.04. The Kier molecular flexibility index (Phi) is 2.39. The standard InChI is InChI=1S/C13H14ClN3/c1-17-8-11(9-4-10(14)7-16-6-9)12(5-15)13(17)2-3-13/h4,6-7,11-12H,2-3,8H2,1H3/t11-,12?/m0/s1. The Hall–Kier alpha value is -1.11. The van der Waals surface area contributed by atoms with Crippen LogP contribution >= 0.6 is 11.6 Å². The SMILES string of the molecule is CN1C[C@@H](c2cncc(Cl)c2)C(C#N)C12CC2. The molecule has 1 aromatic rings. The topological polar surface area (TPSA) is 39.9 Å². The predicted octanol–water partition coefficient (Wildman–Crippen LogP) is 2.44. The number of hydrogen-bond acceptors (Lipinski definition) is 3. The summed E-state index contributed by atoms with van der Waals surface area (Å²) in [6, 6.07) is 4.45. The van der Waals surface area contributed by atoms with E-state index in [1.165, 1.54) is 0 Å². The summed E-state index contributed by atoms with van der Waals surface area (Å²) in [5.74, 6) is 0.325. The van der Waals surface area contributed by atoms with Crippen LogP contribution in [-0.4, -0.2) is 29.0 Å². The molecule has 1 aliphatic carbocycles. The van der Waals surface area contributed by atoms with E-state index in [4.69, 9.17) is 11.6 Å². The maximum atomic E-state index is 9.43. The van der Waals surface area contributed by atoms with Gasteiger partial charge in [-0.2, -0.15) is 5.26 Å². The smallest absolute Gasteiger partial charge is 0.0728 e. The van der Waals surface area contributed by atoms with E-state index in [0.717, 1.165) is 24.9 Å². The second kappa shape index (κ2) is 3.69. The van der Waals surface area contributed by atoms with Crippen LogP contribution in [-0.2, 0) is 0 Å². The fourth-order valence-electron chi connectivity index (χ4n) is 3.15. The van der Waals surface area contributed by atoms with Crippen molar-refractivity contribution in [3.05, 3.63) is 29.0 Å². The van der Waals surface area contributed by atoms with Gasteiger partial charge in [-0.15, -0.1) is 0 Å². The third-order valence-electron chi connectivity index (χ3n) is 4.27. The van der Waals surface area contributed by atoms with Gasteiger partial charge in [0.2, 0.25) is 0 Å². The normalized spacial score (nSPS) is 30.4. The van der Waals surface area contributed by atoms with Crippen LogP contribution in [0.4, 0.5) is 0 Å². The first-order chi connectivity index (χ1) is 8.17. The minimum atomic E-state index is 0.0766. The molecule has 1 aliphatic heterocycles. The number of likely N-dealkylation sites (tertiary alicyclic amines) is 1. The zero-order valence-electron chi connectivity index (χ0n) is 9.73. The lowest BCUT2D eigenvalue weighted by atomic mass is 9.86. The number of aromatic nitrogens is 1. The summed E-state index contributed by atoms with van der Waals surface area (Å²) in [5.41, 5.74) is 1.24. The largest absolute Gasteiger partial charge is 0.299 e. The Labute approximate surface area is 106 Å². The predicted molar refractivity (Wildman–Crippen MR) is 65.7 cm³/mol. The van der Waals surface area contributed by atoms with Gasteiger partial charge in [-0.05, 0) is 31.5 Å². The second-order valence-corrected chi connectivity index (χ2v) is 5.57. The maximum absolute atomic E-state index is 9.43. The van der Waals surface area contributed by atoms with E-state index >= 15 is 0 Å². The maximum Gasteiger partial charge on any atom is 0.0728 e. The fraction of sp³-hybridized carbons (Fsp3) is 0.538. The molecule has 0 amide bonds. The summed E-state index contributed by atoms with van der Waals surface area (Å²) in [4.78, 5) is 6.47. The Morgan fingerprint density at radius 1 is 1.53 bits per heavy atom. The van der Waals surface area contributed by atoms with E-state index in [1.807, 2.05) is 12.3 Å². The lowest BCUT2D eigenvalue weighted by Crippen LogP contribution is -2.30. The number of rotatable bonds is 1. The number of pyridine rings is 1. The summed E-state index contributed by atoms with van der Waals surface area (Å²) in [6.07, 6.45) is 5.77. The van der Waals surface area contributed by atoms with Crippen molar-refractivity contribution >= 4 is 11.6 Å². The van der Waals surface area contributed by atoms with Crippen molar-refractivity contribution in [3.8, 4) is 6.07 Å². The van der Waals surface area contributed by atoms with Crippen molar-refractivity contribution in [2.75, 3.05) is 13.6 Å².